The standard InChI is InChI=1S/C44H66N2O15/c1-24-10-12-28-23-37(54-39-43(28)29(24)18-20-41(5,56-39)58-60-43)52-35(50)17-15-34(49)46-32(27(4)47)9-7-8-22-45-33(48)14-16-36(51)53-38-26(3)31-13-11-25(2)30-19-21-42(6)57-40(55-38)44(30,31)61-59-42/h24-26,28-32,37-40H,7-23H2,1-6H3,(H,45,48)(H,46,49)/t24-,25-,26-,28+,29+,30+,31+,32?,37-,38-,39-,40-,41+,42+,43+,44-/m1/s1. The molecule has 8 aliphatic heterocycles. The fourth-order valence-electron chi connectivity index (χ4n) is 11.9. The Balaban J connectivity index is 0.714. The lowest BCUT2D eigenvalue weighted by atomic mass is 9.58. The van der Waals surface area contributed by atoms with Gasteiger partial charge < -0.3 is 39.1 Å². The number of hydrogen-bond donors (Lipinski definition) is 2. The van der Waals surface area contributed by atoms with Crippen molar-refractivity contribution in [1.29, 1.82) is 0 Å². The number of nitrogens with one attached hydrogen (secondary N) is 2. The predicted molar refractivity (Wildman–Crippen MR) is 209 cm³/mol. The second kappa shape index (κ2) is 17.7. The van der Waals surface area contributed by atoms with E-state index < -0.39 is 71.8 Å². The Bertz CT molecular complexity index is 1680. The number of amides is 2. The Morgan fingerprint density at radius 2 is 1.28 bits per heavy atom. The van der Waals surface area contributed by atoms with Crippen LogP contribution in [0, 0.1) is 41.4 Å². The lowest BCUT2D eigenvalue weighted by molar-refractivity contribution is -0.576. The van der Waals surface area contributed by atoms with Gasteiger partial charge in [0.05, 0.1) is 18.9 Å². The van der Waals surface area contributed by atoms with Crippen molar-refractivity contribution in [3.8, 4) is 0 Å². The van der Waals surface area contributed by atoms with Crippen molar-refractivity contribution in [3.05, 3.63) is 0 Å². The first-order chi connectivity index (χ1) is 29.0. The van der Waals surface area contributed by atoms with Gasteiger partial charge in [0.1, 0.15) is 0 Å². The summed E-state index contributed by atoms with van der Waals surface area (Å²) in [6.45, 7) is 11.9. The first-order valence-electron chi connectivity index (χ1n) is 22.9. The molecule has 2 aliphatic carbocycles. The van der Waals surface area contributed by atoms with Gasteiger partial charge in [-0.15, -0.1) is 0 Å². The average Bonchev–Trinajstić information content (AvgIpc) is 3.59. The molecule has 17 heteroatoms. The van der Waals surface area contributed by atoms with Gasteiger partial charge in [0, 0.05) is 56.4 Å². The molecular weight excluding hydrogens is 796 g/mol. The lowest BCUT2D eigenvalue weighted by Crippen LogP contribution is -2.70. The van der Waals surface area contributed by atoms with Crippen LogP contribution in [0.4, 0.5) is 0 Å². The smallest absolute Gasteiger partial charge is 0.308 e. The van der Waals surface area contributed by atoms with E-state index in [2.05, 4.69) is 24.5 Å². The van der Waals surface area contributed by atoms with Crippen molar-refractivity contribution in [1.82, 2.24) is 10.6 Å². The SMILES string of the molecule is CC(=O)C(CCCCNC(=O)CCC(=O)O[C@@H]1O[C@@H]2O[C@]3(C)CC[C@H]4[C@H](C)CC[C@@H]([C@H]1C)[C@@]24OO3)NC(=O)CCC(=O)O[C@H]1C[C@@H]2CC[C@@H](C)[C@@H]3CC[C@]4(C)OO[C@@]23[C@H](O1)O4. The van der Waals surface area contributed by atoms with Gasteiger partial charge in [-0.1, -0.05) is 20.8 Å². The first-order valence-corrected chi connectivity index (χ1v) is 22.9. The van der Waals surface area contributed by atoms with E-state index in [1.807, 2.05) is 20.8 Å². The molecule has 4 bridgehead atoms. The summed E-state index contributed by atoms with van der Waals surface area (Å²) in [6.07, 6.45) is 5.21. The number of esters is 2. The van der Waals surface area contributed by atoms with Crippen molar-refractivity contribution in [2.45, 2.75) is 198 Å². The molecule has 10 rings (SSSR count). The van der Waals surface area contributed by atoms with Crippen molar-refractivity contribution in [3.63, 3.8) is 0 Å². The Kier molecular flexibility index (Phi) is 13.0. The number of unbranched alkanes of at least 4 members (excludes halogenated alkanes) is 1. The number of fused-ring (bicyclic) bond motifs is 4. The maximum atomic E-state index is 13.0. The molecule has 17 nitrogen and oxygen atoms in total. The van der Waals surface area contributed by atoms with E-state index >= 15 is 0 Å². The van der Waals surface area contributed by atoms with Crippen LogP contribution in [0.1, 0.15) is 144 Å². The molecular formula is C44H66N2O15. The minimum atomic E-state index is -0.939. The quantitative estimate of drug-likeness (QED) is 0.124. The van der Waals surface area contributed by atoms with Gasteiger partial charge in [0.15, 0.2) is 29.6 Å². The zero-order chi connectivity index (χ0) is 43.3. The third-order valence-corrected chi connectivity index (χ3v) is 15.4. The molecule has 8 heterocycles. The summed E-state index contributed by atoms with van der Waals surface area (Å²) < 4.78 is 36.7. The molecule has 61 heavy (non-hydrogen) atoms. The van der Waals surface area contributed by atoms with Crippen molar-refractivity contribution < 1.29 is 71.9 Å². The van der Waals surface area contributed by atoms with E-state index in [9.17, 15) is 24.0 Å². The Labute approximate surface area is 357 Å². The molecule has 0 aromatic heterocycles. The molecule has 2 amide bonds. The van der Waals surface area contributed by atoms with Gasteiger partial charge in [0.2, 0.25) is 36.0 Å². The number of Topliss-reactive ketones (excluding diaryl/α,β-unsaturated/α-hetero) is 1. The Morgan fingerprint density at radius 3 is 1.97 bits per heavy atom. The fraction of sp³-hybridized carbons (Fsp3) is 0.886. The fourth-order valence-corrected chi connectivity index (χ4v) is 11.9. The van der Waals surface area contributed by atoms with Crippen LogP contribution in [0.5, 0.6) is 0 Å². The lowest BCUT2D eigenvalue weighted by Gasteiger charge is -2.59. The Hall–Kier alpha value is -2.77. The minimum Gasteiger partial charge on any atom is -0.436 e. The van der Waals surface area contributed by atoms with Gasteiger partial charge >= 0.3 is 11.9 Å². The first kappa shape index (κ1) is 44.8. The van der Waals surface area contributed by atoms with Gasteiger partial charge in [-0.2, -0.15) is 0 Å². The predicted octanol–water partition coefficient (Wildman–Crippen LogP) is 5.16. The van der Waals surface area contributed by atoms with E-state index in [4.69, 9.17) is 48.0 Å². The number of ketones is 1. The van der Waals surface area contributed by atoms with Gasteiger partial charge in [-0.25, -0.2) is 19.6 Å². The molecule has 10 aliphatic rings. The van der Waals surface area contributed by atoms with Gasteiger partial charge in [-0.05, 0) is 102 Å². The number of ether oxygens (including phenoxy) is 6. The molecule has 0 radical (unpaired) electrons. The Morgan fingerprint density at radius 1 is 0.672 bits per heavy atom. The van der Waals surface area contributed by atoms with Crippen LogP contribution in [-0.4, -0.2) is 90.1 Å². The number of rotatable bonds is 15. The monoisotopic (exact) mass is 862 g/mol. The summed E-state index contributed by atoms with van der Waals surface area (Å²) in [5.41, 5.74) is -1.50. The average molecular weight is 863 g/mol. The third kappa shape index (κ3) is 8.75. The van der Waals surface area contributed by atoms with Gasteiger partial charge in [-0.3, -0.25) is 24.0 Å². The van der Waals surface area contributed by atoms with E-state index in [-0.39, 0.29) is 67.0 Å². The summed E-state index contributed by atoms with van der Waals surface area (Å²) in [7, 11) is 0. The third-order valence-electron chi connectivity index (χ3n) is 15.4. The summed E-state index contributed by atoms with van der Waals surface area (Å²) in [6, 6.07) is -0.734. The van der Waals surface area contributed by atoms with Crippen LogP contribution in [-0.2, 0) is 71.9 Å². The van der Waals surface area contributed by atoms with Crippen LogP contribution in [0.2, 0.25) is 0 Å². The van der Waals surface area contributed by atoms with E-state index in [1.54, 1.807) is 0 Å². The molecule has 2 saturated carbocycles. The van der Waals surface area contributed by atoms with Gasteiger partial charge in [0.25, 0.3) is 0 Å². The second-order valence-corrected chi connectivity index (χ2v) is 19.6. The van der Waals surface area contributed by atoms with E-state index in [0.717, 1.165) is 38.5 Å². The van der Waals surface area contributed by atoms with Crippen molar-refractivity contribution in [2.75, 3.05) is 6.54 Å². The maximum absolute atomic E-state index is 13.0. The van der Waals surface area contributed by atoms with E-state index in [0.29, 0.717) is 56.9 Å². The highest BCUT2D eigenvalue weighted by atomic mass is 17.3. The van der Waals surface area contributed by atoms with Crippen LogP contribution in [0.25, 0.3) is 0 Å². The van der Waals surface area contributed by atoms with Crippen molar-refractivity contribution in [2.24, 2.45) is 41.4 Å². The van der Waals surface area contributed by atoms with Crippen LogP contribution in [0.3, 0.4) is 0 Å². The van der Waals surface area contributed by atoms with Crippen LogP contribution >= 0.6 is 0 Å². The number of carbonyl (C=O) groups excluding carboxylic acids is 5. The minimum absolute atomic E-state index is 0.0132. The summed E-state index contributed by atoms with van der Waals surface area (Å²) >= 11 is 0. The topological polar surface area (TPSA) is 202 Å². The zero-order valence-electron chi connectivity index (χ0n) is 36.6. The summed E-state index contributed by atoms with van der Waals surface area (Å²) in [4.78, 5) is 87.6. The highest BCUT2D eigenvalue weighted by molar-refractivity contribution is 5.88. The summed E-state index contributed by atoms with van der Waals surface area (Å²) in [5, 5.41) is 5.55. The molecule has 342 valence electrons. The zero-order valence-corrected chi connectivity index (χ0v) is 36.6. The molecule has 16 atom stereocenters. The highest BCUT2D eigenvalue weighted by Crippen LogP contribution is 2.61. The molecule has 2 spiro atoms. The largest absolute Gasteiger partial charge is 0.436 e. The number of hydrogen-bond acceptors (Lipinski definition) is 15. The van der Waals surface area contributed by atoms with Crippen LogP contribution < -0.4 is 10.6 Å². The molecule has 8 saturated heterocycles. The number of carbonyl (C=O) groups is 5. The normalized spacial score (nSPS) is 43.7. The molecule has 2 N–H and O–H groups in total. The molecule has 1 unspecified atom stereocenters. The highest BCUT2D eigenvalue weighted by Gasteiger charge is 2.70. The van der Waals surface area contributed by atoms with E-state index in [1.165, 1.54) is 6.92 Å². The molecule has 0 aromatic rings. The molecule has 10 fully saturated rings. The van der Waals surface area contributed by atoms with Crippen molar-refractivity contribution >= 4 is 29.5 Å². The maximum Gasteiger partial charge on any atom is 0.308 e. The second-order valence-electron chi connectivity index (χ2n) is 19.6. The van der Waals surface area contributed by atoms with Crippen LogP contribution in [0.15, 0.2) is 0 Å². The molecule has 0 aromatic carbocycles. The summed E-state index contributed by atoms with van der Waals surface area (Å²) in [5.74, 6) is -2.84.